The molecule has 4 aromatic rings. The third kappa shape index (κ3) is 4.49. The van der Waals surface area contributed by atoms with E-state index in [9.17, 15) is 19.7 Å². The Bertz CT molecular complexity index is 1440. The van der Waals surface area contributed by atoms with Crippen LogP contribution in [0.5, 0.6) is 5.75 Å². The van der Waals surface area contributed by atoms with E-state index in [2.05, 4.69) is 0 Å². The first-order valence-electron chi connectivity index (χ1n) is 9.99. The number of nitro groups is 1. The van der Waals surface area contributed by atoms with E-state index in [0.29, 0.717) is 16.2 Å². The van der Waals surface area contributed by atoms with Crippen LogP contribution in [0.3, 0.4) is 0 Å². The first-order chi connectivity index (χ1) is 15.7. The van der Waals surface area contributed by atoms with Gasteiger partial charge in [-0.05, 0) is 43.7 Å². The number of nitrogens with zero attached hydrogens (tertiary/aromatic N) is 1. The Morgan fingerprint density at radius 1 is 1.06 bits per heavy atom. The number of halogens is 1. The standard InChI is InChI=1S/C25H18ClNO6/c1-14-3-5-17(6-4-14)24-25(23(29)19-12-20(26)15(2)11-22(19)33-24)32-13-21(28)16-7-9-18(10-8-16)27(30)31/h3-12H,13H2,1-2H3. The molecule has 3 aromatic carbocycles. The van der Waals surface area contributed by atoms with Crippen LogP contribution in [0, 0.1) is 24.0 Å². The zero-order valence-corrected chi connectivity index (χ0v) is 18.5. The van der Waals surface area contributed by atoms with Crippen molar-refractivity contribution in [2.75, 3.05) is 6.61 Å². The van der Waals surface area contributed by atoms with Crippen molar-refractivity contribution < 1.29 is 18.9 Å². The number of ketones is 1. The molecule has 0 atom stereocenters. The van der Waals surface area contributed by atoms with Crippen LogP contribution >= 0.6 is 11.6 Å². The lowest BCUT2D eigenvalue weighted by Crippen LogP contribution is -2.17. The van der Waals surface area contributed by atoms with Gasteiger partial charge in [-0.1, -0.05) is 41.4 Å². The first kappa shape index (κ1) is 22.2. The molecule has 0 saturated heterocycles. The summed E-state index contributed by atoms with van der Waals surface area (Å²) >= 11 is 6.21. The summed E-state index contributed by atoms with van der Waals surface area (Å²) in [5.41, 5.74) is 2.39. The van der Waals surface area contributed by atoms with Crippen LogP contribution in [0.2, 0.25) is 5.02 Å². The zero-order valence-electron chi connectivity index (χ0n) is 17.8. The number of hydrogen-bond acceptors (Lipinski definition) is 6. The first-order valence-corrected chi connectivity index (χ1v) is 10.4. The van der Waals surface area contributed by atoms with Gasteiger partial charge in [-0.25, -0.2) is 0 Å². The van der Waals surface area contributed by atoms with Crippen molar-refractivity contribution in [2.24, 2.45) is 0 Å². The van der Waals surface area contributed by atoms with Gasteiger partial charge in [0.05, 0.1) is 10.3 Å². The van der Waals surface area contributed by atoms with E-state index >= 15 is 0 Å². The molecule has 0 fully saturated rings. The molecular weight excluding hydrogens is 446 g/mol. The lowest BCUT2D eigenvalue weighted by atomic mass is 10.1. The summed E-state index contributed by atoms with van der Waals surface area (Å²) in [4.78, 5) is 36.2. The van der Waals surface area contributed by atoms with E-state index in [4.69, 9.17) is 20.8 Å². The number of hydrogen-bond donors (Lipinski definition) is 0. The molecule has 0 saturated carbocycles. The van der Waals surface area contributed by atoms with E-state index < -0.39 is 22.7 Å². The molecule has 0 bridgehead atoms. The molecule has 33 heavy (non-hydrogen) atoms. The van der Waals surface area contributed by atoms with Crippen molar-refractivity contribution in [3.8, 4) is 17.1 Å². The van der Waals surface area contributed by atoms with E-state index in [1.807, 2.05) is 19.1 Å². The van der Waals surface area contributed by atoms with Gasteiger partial charge in [-0.2, -0.15) is 0 Å². The molecule has 4 rings (SSSR count). The molecule has 1 aromatic heterocycles. The third-order valence-electron chi connectivity index (χ3n) is 5.19. The predicted molar refractivity (Wildman–Crippen MR) is 125 cm³/mol. The van der Waals surface area contributed by atoms with Crippen LogP contribution in [-0.2, 0) is 0 Å². The quantitative estimate of drug-likeness (QED) is 0.200. The van der Waals surface area contributed by atoms with Gasteiger partial charge in [0, 0.05) is 28.3 Å². The van der Waals surface area contributed by atoms with Crippen LogP contribution in [0.25, 0.3) is 22.3 Å². The fourth-order valence-electron chi connectivity index (χ4n) is 3.31. The maximum Gasteiger partial charge on any atom is 0.269 e. The molecule has 0 N–H and O–H groups in total. The second kappa shape index (κ2) is 8.88. The van der Waals surface area contributed by atoms with Crippen molar-refractivity contribution in [1.82, 2.24) is 0 Å². The number of carbonyl (C=O) groups excluding carboxylic acids is 1. The number of benzene rings is 3. The highest BCUT2D eigenvalue weighted by atomic mass is 35.5. The summed E-state index contributed by atoms with van der Waals surface area (Å²) in [6.07, 6.45) is 0. The topological polar surface area (TPSA) is 99.7 Å². The SMILES string of the molecule is Cc1ccc(-c2oc3cc(C)c(Cl)cc3c(=O)c2OCC(=O)c2ccc([N+](=O)[O-])cc2)cc1. The Labute approximate surface area is 193 Å². The summed E-state index contributed by atoms with van der Waals surface area (Å²) in [6, 6.07) is 15.7. The van der Waals surface area contributed by atoms with Gasteiger partial charge in [0.1, 0.15) is 5.58 Å². The minimum absolute atomic E-state index is 0.110. The number of rotatable bonds is 6. The van der Waals surface area contributed by atoms with Crippen molar-refractivity contribution in [3.63, 3.8) is 0 Å². The Morgan fingerprint density at radius 2 is 1.73 bits per heavy atom. The Balaban J connectivity index is 1.75. The summed E-state index contributed by atoms with van der Waals surface area (Å²) in [6.45, 7) is 3.29. The summed E-state index contributed by atoms with van der Waals surface area (Å²) in [5, 5.41) is 11.5. The predicted octanol–water partition coefficient (Wildman–Crippen LogP) is 5.90. The van der Waals surface area contributed by atoms with Crippen molar-refractivity contribution >= 4 is 34.0 Å². The summed E-state index contributed by atoms with van der Waals surface area (Å²) in [5.74, 6) is -0.353. The number of aryl methyl sites for hydroxylation is 2. The second-order valence-electron chi connectivity index (χ2n) is 7.57. The number of ether oxygens (including phenoxy) is 1. The maximum atomic E-state index is 13.3. The molecule has 0 radical (unpaired) electrons. The van der Waals surface area contributed by atoms with E-state index in [1.165, 1.54) is 30.3 Å². The molecule has 0 spiro atoms. The zero-order chi connectivity index (χ0) is 23.7. The molecule has 1 heterocycles. The highest BCUT2D eigenvalue weighted by Crippen LogP contribution is 2.33. The van der Waals surface area contributed by atoms with Crippen LogP contribution in [0.4, 0.5) is 5.69 Å². The average molecular weight is 464 g/mol. The lowest BCUT2D eigenvalue weighted by molar-refractivity contribution is -0.384. The van der Waals surface area contributed by atoms with Crippen LogP contribution in [0.15, 0.2) is 69.9 Å². The largest absolute Gasteiger partial charge is 0.478 e. The highest BCUT2D eigenvalue weighted by Gasteiger charge is 2.20. The fraction of sp³-hybridized carbons (Fsp3) is 0.120. The molecule has 7 nitrogen and oxygen atoms in total. The average Bonchev–Trinajstić information content (AvgIpc) is 2.80. The van der Waals surface area contributed by atoms with Crippen LogP contribution < -0.4 is 10.2 Å². The van der Waals surface area contributed by atoms with Gasteiger partial charge in [-0.3, -0.25) is 19.7 Å². The molecular formula is C25H18ClNO6. The molecule has 0 unspecified atom stereocenters. The number of Topliss-reactive ketones (excluding diaryl/α,β-unsaturated/α-hetero) is 1. The normalized spacial score (nSPS) is 10.9. The molecule has 166 valence electrons. The van der Waals surface area contributed by atoms with Crippen LogP contribution in [-0.4, -0.2) is 17.3 Å². The highest BCUT2D eigenvalue weighted by molar-refractivity contribution is 6.32. The fourth-order valence-corrected chi connectivity index (χ4v) is 3.48. The van der Waals surface area contributed by atoms with E-state index in [0.717, 1.165) is 11.1 Å². The molecule has 8 heteroatoms. The van der Waals surface area contributed by atoms with Crippen molar-refractivity contribution in [2.45, 2.75) is 13.8 Å². The number of non-ortho nitro benzene ring substituents is 1. The number of nitro benzene ring substituents is 1. The molecule has 0 aliphatic carbocycles. The van der Waals surface area contributed by atoms with Gasteiger partial charge >= 0.3 is 0 Å². The van der Waals surface area contributed by atoms with Gasteiger partial charge in [-0.15, -0.1) is 0 Å². The minimum Gasteiger partial charge on any atom is -0.478 e. The Kier molecular flexibility index (Phi) is 5.98. The van der Waals surface area contributed by atoms with E-state index in [-0.39, 0.29) is 28.1 Å². The number of carbonyl (C=O) groups is 1. The third-order valence-corrected chi connectivity index (χ3v) is 5.60. The summed E-state index contributed by atoms with van der Waals surface area (Å²) in [7, 11) is 0. The van der Waals surface area contributed by atoms with Gasteiger partial charge in [0.2, 0.25) is 11.2 Å². The summed E-state index contributed by atoms with van der Waals surface area (Å²) < 4.78 is 11.7. The smallest absolute Gasteiger partial charge is 0.269 e. The molecule has 0 amide bonds. The number of fused-ring (bicyclic) bond motifs is 1. The van der Waals surface area contributed by atoms with Crippen molar-refractivity contribution in [3.05, 3.63) is 103 Å². The minimum atomic E-state index is -0.550. The maximum absolute atomic E-state index is 13.3. The molecule has 0 aliphatic rings. The van der Waals surface area contributed by atoms with Gasteiger partial charge < -0.3 is 9.15 Å². The second-order valence-corrected chi connectivity index (χ2v) is 7.98. The van der Waals surface area contributed by atoms with Crippen molar-refractivity contribution in [1.29, 1.82) is 0 Å². The van der Waals surface area contributed by atoms with Gasteiger partial charge in [0.25, 0.3) is 5.69 Å². The van der Waals surface area contributed by atoms with Gasteiger partial charge in [0.15, 0.2) is 18.2 Å². The Morgan fingerprint density at radius 3 is 2.36 bits per heavy atom. The van der Waals surface area contributed by atoms with E-state index in [1.54, 1.807) is 25.1 Å². The van der Waals surface area contributed by atoms with Crippen LogP contribution in [0.1, 0.15) is 21.5 Å². The Hall–Kier alpha value is -3.97. The molecule has 0 aliphatic heterocycles. The monoisotopic (exact) mass is 463 g/mol. The lowest BCUT2D eigenvalue weighted by Gasteiger charge is -2.12.